The highest BCUT2D eigenvalue weighted by Gasteiger charge is 2.23. The van der Waals surface area contributed by atoms with E-state index in [4.69, 9.17) is 19.8 Å². The summed E-state index contributed by atoms with van der Waals surface area (Å²) >= 11 is 0. The Labute approximate surface area is 188 Å². The molecule has 2 aromatic carbocycles. The number of aliphatic carboxylic acids is 2. The van der Waals surface area contributed by atoms with Crippen LogP contribution < -0.4 is 0 Å². The zero-order valence-corrected chi connectivity index (χ0v) is 17.7. The zero-order valence-electron chi connectivity index (χ0n) is 17.7. The average molecular weight is 449 g/mol. The number of carboxylic acids is 2. The number of para-hydroxylation sites is 3. The van der Waals surface area contributed by atoms with Gasteiger partial charge in [-0.15, -0.1) is 0 Å². The second-order valence-corrected chi connectivity index (χ2v) is 7.65. The van der Waals surface area contributed by atoms with Gasteiger partial charge in [0.25, 0.3) is 5.91 Å². The molecule has 0 aliphatic carbocycles. The molecule has 33 heavy (non-hydrogen) atoms. The number of hydrogen-bond donors (Lipinski definition) is 4. The van der Waals surface area contributed by atoms with Gasteiger partial charge in [-0.25, -0.2) is 14.6 Å². The van der Waals surface area contributed by atoms with E-state index >= 15 is 0 Å². The molecular formula is C23H23N5O5. The molecule has 1 amide bonds. The van der Waals surface area contributed by atoms with Crippen molar-refractivity contribution in [3.8, 4) is 0 Å². The van der Waals surface area contributed by atoms with E-state index in [-0.39, 0.29) is 5.91 Å². The van der Waals surface area contributed by atoms with Crippen LogP contribution in [0.5, 0.6) is 0 Å². The van der Waals surface area contributed by atoms with Crippen LogP contribution >= 0.6 is 0 Å². The van der Waals surface area contributed by atoms with Crippen LogP contribution in [0, 0.1) is 0 Å². The average Bonchev–Trinajstić information content (AvgIpc) is 3.43. The van der Waals surface area contributed by atoms with Gasteiger partial charge in [0.2, 0.25) is 0 Å². The molecule has 5 rings (SSSR count). The minimum atomic E-state index is -1.82. The number of aromatic amines is 2. The van der Waals surface area contributed by atoms with Crippen LogP contribution in [0.3, 0.4) is 0 Å². The molecule has 0 radical (unpaired) electrons. The highest BCUT2D eigenvalue weighted by Crippen LogP contribution is 2.18. The smallest absolute Gasteiger partial charge is 0.414 e. The van der Waals surface area contributed by atoms with Gasteiger partial charge in [-0.2, -0.15) is 0 Å². The van der Waals surface area contributed by atoms with E-state index in [1.165, 1.54) is 0 Å². The van der Waals surface area contributed by atoms with E-state index in [9.17, 15) is 4.79 Å². The lowest BCUT2D eigenvalue weighted by Gasteiger charge is -2.34. The lowest BCUT2D eigenvalue weighted by molar-refractivity contribution is -0.159. The number of fused-ring (bicyclic) bond motifs is 2. The van der Waals surface area contributed by atoms with Crippen LogP contribution in [0.25, 0.3) is 21.9 Å². The van der Waals surface area contributed by atoms with Gasteiger partial charge in [-0.05, 0) is 24.3 Å². The third-order valence-electron chi connectivity index (χ3n) is 5.41. The third-order valence-corrected chi connectivity index (χ3v) is 5.41. The minimum absolute atomic E-state index is 0.0783. The Bertz CT molecular complexity index is 1220. The van der Waals surface area contributed by atoms with Gasteiger partial charge in [0, 0.05) is 37.1 Å². The van der Waals surface area contributed by atoms with Gasteiger partial charge >= 0.3 is 11.9 Å². The van der Waals surface area contributed by atoms with Crippen molar-refractivity contribution in [2.75, 3.05) is 26.2 Å². The van der Waals surface area contributed by atoms with Crippen molar-refractivity contribution in [2.24, 2.45) is 0 Å². The molecule has 2 aromatic heterocycles. The maximum atomic E-state index is 12.8. The van der Waals surface area contributed by atoms with Gasteiger partial charge in [0.1, 0.15) is 11.5 Å². The first-order valence-electron chi connectivity index (χ1n) is 10.4. The molecule has 0 bridgehead atoms. The lowest BCUT2D eigenvalue weighted by atomic mass is 10.2. The SMILES string of the molecule is O=C(O)C(=O)O.O=C(c1cc2ccccc2[nH]1)N1CCN(Cc2nc3ccccc3[nH]2)CC1. The molecule has 10 nitrogen and oxygen atoms in total. The van der Waals surface area contributed by atoms with Crippen molar-refractivity contribution in [1.82, 2.24) is 24.8 Å². The van der Waals surface area contributed by atoms with E-state index in [0.717, 1.165) is 60.5 Å². The van der Waals surface area contributed by atoms with E-state index in [1.54, 1.807) is 0 Å². The van der Waals surface area contributed by atoms with Gasteiger partial charge in [0.15, 0.2) is 0 Å². The first kappa shape index (κ1) is 22.0. The quantitative estimate of drug-likeness (QED) is 0.351. The Balaban J connectivity index is 0.000000385. The summed E-state index contributed by atoms with van der Waals surface area (Å²) in [6.45, 7) is 3.94. The second kappa shape index (κ2) is 9.53. The minimum Gasteiger partial charge on any atom is -0.473 e. The Morgan fingerprint density at radius 3 is 2.12 bits per heavy atom. The van der Waals surface area contributed by atoms with Crippen molar-refractivity contribution in [2.45, 2.75) is 6.54 Å². The molecule has 3 heterocycles. The molecule has 0 atom stereocenters. The predicted molar refractivity (Wildman–Crippen MR) is 121 cm³/mol. The van der Waals surface area contributed by atoms with Crippen molar-refractivity contribution < 1.29 is 24.6 Å². The first-order chi connectivity index (χ1) is 15.9. The number of carboxylic acid groups (broad SMARTS) is 2. The molecule has 1 fully saturated rings. The Morgan fingerprint density at radius 1 is 0.848 bits per heavy atom. The fourth-order valence-corrected chi connectivity index (χ4v) is 3.76. The fourth-order valence-electron chi connectivity index (χ4n) is 3.76. The predicted octanol–water partition coefficient (Wildman–Crippen LogP) is 2.16. The van der Waals surface area contributed by atoms with Crippen LogP contribution in [-0.2, 0) is 16.1 Å². The van der Waals surface area contributed by atoms with Crippen molar-refractivity contribution in [3.63, 3.8) is 0 Å². The van der Waals surface area contributed by atoms with Crippen LogP contribution in [0.2, 0.25) is 0 Å². The molecule has 4 N–H and O–H groups in total. The van der Waals surface area contributed by atoms with Crippen LogP contribution in [0.1, 0.15) is 16.3 Å². The summed E-state index contributed by atoms with van der Waals surface area (Å²) in [6.07, 6.45) is 0. The summed E-state index contributed by atoms with van der Waals surface area (Å²) < 4.78 is 0. The number of carbonyl (C=O) groups is 3. The normalized spacial score (nSPS) is 14.1. The summed E-state index contributed by atoms with van der Waals surface area (Å²) in [5.41, 5.74) is 3.74. The van der Waals surface area contributed by atoms with Crippen molar-refractivity contribution in [1.29, 1.82) is 0 Å². The maximum absolute atomic E-state index is 12.8. The summed E-state index contributed by atoms with van der Waals surface area (Å²) in [5.74, 6) is -2.59. The Kier molecular flexibility index (Phi) is 6.36. The molecular weight excluding hydrogens is 426 g/mol. The molecule has 10 heteroatoms. The summed E-state index contributed by atoms with van der Waals surface area (Å²) in [4.78, 5) is 46.5. The third kappa shape index (κ3) is 5.18. The van der Waals surface area contributed by atoms with Gasteiger partial charge in [-0.1, -0.05) is 30.3 Å². The van der Waals surface area contributed by atoms with Crippen molar-refractivity contribution >= 4 is 39.8 Å². The molecule has 1 aliphatic heterocycles. The largest absolute Gasteiger partial charge is 0.473 e. The second-order valence-electron chi connectivity index (χ2n) is 7.65. The monoisotopic (exact) mass is 449 g/mol. The van der Waals surface area contributed by atoms with Crippen LogP contribution in [0.4, 0.5) is 0 Å². The van der Waals surface area contributed by atoms with Crippen molar-refractivity contribution in [3.05, 3.63) is 66.1 Å². The molecule has 0 spiro atoms. The molecule has 4 aromatic rings. The first-order valence-corrected chi connectivity index (χ1v) is 10.4. The number of H-pyrrole nitrogens is 2. The van der Waals surface area contributed by atoms with Gasteiger partial charge in [0.05, 0.1) is 17.6 Å². The zero-order chi connectivity index (χ0) is 23.4. The van der Waals surface area contributed by atoms with E-state index < -0.39 is 11.9 Å². The fraction of sp³-hybridized carbons (Fsp3) is 0.217. The molecule has 1 aliphatic rings. The number of imidazole rings is 1. The number of hydrogen-bond acceptors (Lipinski definition) is 5. The summed E-state index contributed by atoms with van der Waals surface area (Å²) in [6, 6.07) is 18.0. The van der Waals surface area contributed by atoms with E-state index in [2.05, 4.69) is 19.9 Å². The van der Waals surface area contributed by atoms with Crippen LogP contribution in [-0.4, -0.2) is 79.0 Å². The highest BCUT2D eigenvalue weighted by molar-refractivity contribution is 6.27. The molecule has 170 valence electrons. The highest BCUT2D eigenvalue weighted by atomic mass is 16.4. The maximum Gasteiger partial charge on any atom is 0.414 e. The number of amides is 1. The lowest BCUT2D eigenvalue weighted by Crippen LogP contribution is -2.48. The number of piperazine rings is 1. The summed E-state index contributed by atoms with van der Waals surface area (Å²) in [5, 5.41) is 15.9. The van der Waals surface area contributed by atoms with E-state index in [1.807, 2.05) is 59.5 Å². The standard InChI is InChI=1S/C21H21N5O.C2H2O4/c27-21(19-13-15-5-1-2-6-16(15)22-19)26-11-9-25(10-12-26)14-20-23-17-7-3-4-8-18(17)24-20;3-1(4)2(5)6/h1-8,13,22H,9-12,14H2,(H,23,24);(H,3,4)(H,5,6). The number of nitrogens with zero attached hydrogens (tertiary/aromatic N) is 3. The van der Waals surface area contributed by atoms with Gasteiger partial charge in [-0.3, -0.25) is 9.69 Å². The molecule has 0 saturated carbocycles. The Morgan fingerprint density at radius 2 is 1.48 bits per heavy atom. The number of benzene rings is 2. The number of aromatic nitrogens is 3. The summed E-state index contributed by atoms with van der Waals surface area (Å²) in [7, 11) is 0. The Hall–Kier alpha value is -4.18. The number of nitrogens with one attached hydrogen (secondary N) is 2. The number of carbonyl (C=O) groups excluding carboxylic acids is 1. The van der Waals surface area contributed by atoms with Crippen LogP contribution in [0.15, 0.2) is 54.6 Å². The molecule has 0 unspecified atom stereocenters. The molecule has 1 saturated heterocycles. The number of rotatable bonds is 3. The topological polar surface area (TPSA) is 143 Å². The van der Waals surface area contributed by atoms with Gasteiger partial charge < -0.3 is 25.1 Å². The van der Waals surface area contributed by atoms with E-state index in [0.29, 0.717) is 5.69 Å².